The van der Waals surface area contributed by atoms with Gasteiger partial charge < -0.3 is 10.6 Å². The van der Waals surface area contributed by atoms with Gasteiger partial charge in [-0.3, -0.25) is 0 Å². The molecular formula is C13H28N2. The van der Waals surface area contributed by atoms with Crippen molar-refractivity contribution in [3.05, 3.63) is 0 Å². The molecule has 2 nitrogen and oxygen atoms in total. The van der Waals surface area contributed by atoms with Crippen molar-refractivity contribution in [2.24, 2.45) is 23.0 Å². The summed E-state index contributed by atoms with van der Waals surface area (Å²) in [7, 11) is 0. The van der Waals surface area contributed by atoms with Gasteiger partial charge in [-0.15, -0.1) is 0 Å². The molecule has 2 heteroatoms. The normalized spacial score (nSPS) is 27.2. The van der Waals surface area contributed by atoms with E-state index in [1.54, 1.807) is 0 Å². The molecular weight excluding hydrogens is 184 g/mol. The van der Waals surface area contributed by atoms with E-state index in [1.165, 1.54) is 32.5 Å². The topological polar surface area (TPSA) is 29.3 Å². The fourth-order valence-electron chi connectivity index (χ4n) is 2.58. The number of nitrogens with zero attached hydrogens (tertiary/aromatic N) is 1. The van der Waals surface area contributed by atoms with Gasteiger partial charge in [0.15, 0.2) is 0 Å². The summed E-state index contributed by atoms with van der Waals surface area (Å²) in [5.41, 5.74) is 6.23. The second-order valence-corrected chi connectivity index (χ2v) is 6.17. The Morgan fingerprint density at radius 3 is 2.53 bits per heavy atom. The summed E-state index contributed by atoms with van der Waals surface area (Å²) in [6, 6.07) is 0. The SMILES string of the molecule is CC(C)CCN1CCC(CN)C(C)(C)C1. The van der Waals surface area contributed by atoms with Crippen LogP contribution in [0.2, 0.25) is 0 Å². The molecule has 0 aromatic rings. The van der Waals surface area contributed by atoms with Crippen LogP contribution in [-0.2, 0) is 0 Å². The highest BCUT2D eigenvalue weighted by atomic mass is 15.1. The molecule has 0 saturated carbocycles. The minimum Gasteiger partial charge on any atom is -0.330 e. The van der Waals surface area contributed by atoms with Crippen molar-refractivity contribution in [3.63, 3.8) is 0 Å². The molecule has 2 N–H and O–H groups in total. The summed E-state index contributed by atoms with van der Waals surface area (Å²) in [6.45, 7) is 13.9. The molecule has 0 bridgehead atoms. The number of hydrogen-bond acceptors (Lipinski definition) is 2. The van der Waals surface area contributed by atoms with Gasteiger partial charge in [-0.1, -0.05) is 27.7 Å². The highest BCUT2D eigenvalue weighted by Crippen LogP contribution is 2.34. The molecule has 0 aromatic heterocycles. The molecule has 1 atom stereocenters. The smallest absolute Gasteiger partial charge is 0.00358 e. The van der Waals surface area contributed by atoms with E-state index in [9.17, 15) is 0 Å². The predicted octanol–water partition coefficient (Wildman–Crippen LogP) is 2.34. The lowest BCUT2D eigenvalue weighted by atomic mass is 9.74. The van der Waals surface area contributed by atoms with Crippen molar-refractivity contribution in [3.8, 4) is 0 Å². The zero-order valence-corrected chi connectivity index (χ0v) is 10.9. The fraction of sp³-hybridized carbons (Fsp3) is 1.00. The first-order valence-electron chi connectivity index (χ1n) is 6.38. The summed E-state index contributed by atoms with van der Waals surface area (Å²) in [5, 5.41) is 0. The molecule has 1 aliphatic rings. The van der Waals surface area contributed by atoms with Gasteiger partial charge in [0.05, 0.1) is 0 Å². The number of piperidine rings is 1. The molecule has 1 saturated heterocycles. The molecule has 0 spiro atoms. The van der Waals surface area contributed by atoms with Gasteiger partial charge >= 0.3 is 0 Å². The van der Waals surface area contributed by atoms with E-state index in [0.29, 0.717) is 11.3 Å². The van der Waals surface area contributed by atoms with Gasteiger partial charge in [0.2, 0.25) is 0 Å². The Balaban J connectivity index is 2.40. The van der Waals surface area contributed by atoms with Crippen LogP contribution in [-0.4, -0.2) is 31.1 Å². The van der Waals surface area contributed by atoms with Crippen LogP contribution in [0.4, 0.5) is 0 Å². The van der Waals surface area contributed by atoms with E-state index in [2.05, 4.69) is 32.6 Å². The van der Waals surface area contributed by atoms with Gasteiger partial charge in [-0.25, -0.2) is 0 Å². The molecule has 0 aliphatic carbocycles. The summed E-state index contributed by atoms with van der Waals surface area (Å²) in [5.74, 6) is 1.54. The predicted molar refractivity (Wildman–Crippen MR) is 66.8 cm³/mol. The highest BCUT2D eigenvalue weighted by molar-refractivity contribution is 4.87. The molecule has 15 heavy (non-hydrogen) atoms. The Morgan fingerprint density at radius 2 is 2.07 bits per heavy atom. The molecule has 90 valence electrons. The Labute approximate surface area is 95.2 Å². The van der Waals surface area contributed by atoms with E-state index >= 15 is 0 Å². The van der Waals surface area contributed by atoms with Crippen LogP contribution in [0.25, 0.3) is 0 Å². The molecule has 0 aromatic carbocycles. The maximum Gasteiger partial charge on any atom is 0.00358 e. The van der Waals surface area contributed by atoms with Crippen LogP contribution in [0, 0.1) is 17.3 Å². The maximum atomic E-state index is 5.83. The largest absolute Gasteiger partial charge is 0.330 e. The van der Waals surface area contributed by atoms with E-state index in [1.807, 2.05) is 0 Å². The van der Waals surface area contributed by atoms with Gasteiger partial charge in [-0.05, 0) is 49.7 Å². The van der Waals surface area contributed by atoms with E-state index in [4.69, 9.17) is 5.73 Å². The van der Waals surface area contributed by atoms with Crippen LogP contribution in [0.1, 0.15) is 40.5 Å². The van der Waals surface area contributed by atoms with E-state index < -0.39 is 0 Å². The summed E-state index contributed by atoms with van der Waals surface area (Å²) in [6.07, 6.45) is 2.60. The number of hydrogen-bond donors (Lipinski definition) is 1. The molecule has 0 amide bonds. The molecule has 0 radical (unpaired) electrons. The van der Waals surface area contributed by atoms with Crippen molar-refractivity contribution in [2.75, 3.05) is 26.2 Å². The molecule has 1 heterocycles. The van der Waals surface area contributed by atoms with Crippen LogP contribution < -0.4 is 5.73 Å². The first-order valence-corrected chi connectivity index (χ1v) is 6.38. The molecule has 1 rings (SSSR count). The lowest BCUT2D eigenvalue weighted by molar-refractivity contribution is 0.0569. The van der Waals surface area contributed by atoms with Crippen LogP contribution in [0.15, 0.2) is 0 Å². The van der Waals surface area contributed by atoms with Crippen LogP contribution in [0.3, 0.4) is 0 Å². The minimum atomic E-state index is 0.407. The highest BCUT2D eigenvalue weighted by Gasteiger charge is 2.34. The minimum absolute atomic E-state index is 0.407. The second kappa shape index (κ2) is 5.31. The monoisotopic (exact) mass is 212 g/mol. The second-order valence-electron chi connectivity index (χ2n) is 6.17. The third kappa shape index (κ3) is 3.76. The summed E-state index contributed by atoms with van der Waals surface area (Å²) < 4.78 is 0. The molecule has 1 fully saturated rings. The van der Waals surface area contributed by atoms with Gasteiger partial charge in [0.1, 0.15) is 0 Å². The third-order valence-corrected chi connectivity index (χ3v) is 3.84. The van der Waals surface area contributed by atoms with E-state index in [0.717, 1.165) is 12.5 Å². The molecule has 1 aliphatic heterocycles. The third-order valence-electron chi connectivity index (χ3n) is 3.84. The summed E-state index contributed by atoms with van der Waals surface area (Å²) >= 11 is 0. The zero-order chi connectivity index (χ0) is 11.5. The zero-order valence-electron chi connectivity index (χ0n) is 10.9. The average molecular weight is 212 g/mol. The van der Waals surface area contributed by atoms with E-state index in [-0.39, 0.29) is 0 Å². The number of likely N-dealkylation sites (tertiary alicyclic amines) is 1. The van der Waals surface area contributed by atoms with Crippen molar-refractivity contribution < 1.29 is 0 Å². The first kappa shape index (κ1) is 13.0. The Morgan fingerprint density at radius 1 is 1.40 bits per heavy atom. The lowest BCUT2D eigenvalue weighted by Gasteiger charge is -2.44. The van der Waals surface area contributed by atoms with Crippen molar-refractivity contribution in [2.45, 2.75) is 40.5 Å². The van der Waals surface area contributed by atoms with Gasteiger partial charge in [0.25, 0.3) is 0 Å². The van der Waals surface area contributed by atoms with Gasteiger partial charge in [-0.2, -0.15) is 0 Å². The number of nitrogens with two attached hydrogens (primary N) is 1. The van der Waals surface area contributed by atoms with Crippen molar-refractivity contribution in [1.82, 2.24) is 4.90 Å². The summed E-state index contributed by atoms with van der Waals surface area (Å²) in [4.78, 5) is 2.62. The van der Waals surface area contributed by atoms with Crippen LogP contribution >= 0.6 is 0 Å². The Bertz CT molecular complexity index is 187. The Kier molecular flexibility index (Phi) is 4.60. The number of rotatable bonds is 4. The van der Waals surface area contributed by atoms with Crippen molar-refractivity contribution >= 4 is 0 Å². The van der Waals surface area contributed by atoms with Gasteiger partial charge in [0, 0.05) is 6.54 Å². The average Bonchev–Trinajstić information content (AvgIpc) is 2.13. The molecule has 1 unspecified atom stereocenters. The van der Waals surface area contributed by atoms with Crippen molar-refractivity contribution in [1.29, 1.82) is 0 Å². The van der Waals surface area contributed by atoms with Crippen LogP contribution in [0.5, 0.6) is 0 Å². The fourth-order valence-corrected chi connectivity index (χ4v) is 2.58. The lowest BCUT2D eigenvalue weighted by Crippen LogP contribution is -2.48. The quantitative estimate of drug-likeness (QED) is 0.775. The Hall–Kier alpha value is -0.0800. The first-order chi connectivity index (χ1) is 6.95. The maximum absolute atomic E-state index is 5.83. The standard InChI is InChI=1S/C13H28N2/c1-11(2)5-7-15-8-6-12(9-14)13(3,4)10-15/h11-12H,5-10,14H2,1-4H3.